The van der Waals surface area contributed by atoms with Crippen LogP contribution in [-0.4, -0.2) is 11.6 Å². The molecule has 0 aliphatic rings. The molecule has 0 heterocycles. The van der Waals surface area contributed by atoms with Crippen LogP contribution in [0.1, 0.15) is 25.0 Å². The highest BCUT2D eigenvalue weighted by Crippen LogP contribution is 2.07. The Balaban J connectivity index is 2.89. The monoisotopic (exact) mass is 190 g/mol. The summed E-state index contributed by atoms with van der Waals surface area (Å²) in [5.74, 6) is -0.155. The van der Waals surface area contributed by atoms with Gasteiger partial charge in [-0.15, -0.1) is 0 Å². The topological polar surface area (TPSA) is 41.5 Å². The molecule has 3 heteroatoms. The van der Waals surface area contributed by atoms with Gasteiger partial charge < -0.3 is 0 Å². The zero-order valence-electron chi connectivity index (χ0n) is 8.66. The molecule has 14 heavy (non-hydrogen) atoms. The molecule has 1 aromatic carbocycles. The quantitative estimate of drug-likeness (QED) is 0.561. The van der Waals surface area contributed by atoms with E-state index in [0.29, 0.717) is 0 Å². The predicted molar refractivity (Wildman–Crippen MR) is 57.2 cm³/mol. The second-order valence-electron chi connectivity index (χ2n) is 3.18. The highest BCUT2D eigenvalue weighted by molar-refractivity contribution is 6.00. The van der Waals surface area contributed by atoms with Gasteiger partial charge in [-0.3, -0.25) is 4.79 Å². The van der Waals surface area contributed by atoms with Crippen LogP contribution in [-0.2, 0) is 4.79 Å². The molecule has 0 fully saturated rings. The summed E-state index contributed by atoms with van der Waals surface area (Å²) in [6.07, 6.45) is 0. The Morgan fingerprint density at radius 3 is 2.50 bits per heavy atom. The minimum absolute atomic E-state index is 0.155. The van der Waals surface area contributed by atoms with Gasteiger partial charge >= 0.3 is 0 Å². The van der Waals surface area contributed by atoms with Crippen molar-refractivity contribution in [3.05, 3.63) is 35.4 Å². The number of rotatable bonds is 2. The third kappa shape index (κ3) is 2.69. The number of hydrogen-bond donors (Lipinski definition) is 1. The smallest absolute Gasteiger partial charge is 0.236 e. The minimum Gasteiger partial charge on any atom is -0.274 e. The lowest BCUT2D eigenvalue weighted by Gasteiger charge is -2.04. The molecule has 1 rings (SSSR count). The molecule has 1 aromatic rings. The van der Waals surface area contributed by atoms with Crippen LogP contribution in [0.15, 0.2) is 29.4 Å². The van der Waals surface area contributed by atoms with E-state index in [9.17, 15) is 4.79 Å². The highest BCUT2D eigenvalue weighted by Gasteiger charge is 2.00. The summed E-state index contributed by atoms with van der Waals surface area (Å²) >= 11 is 0. The van der Waals surface area contributed by atoms with Crippen LogP contribution in [0.2, 0.25) is 0 Å². The van der Waals surface area contributed by atoms with E-state index < -0.39 is 0 Å². The van der Waals surface area contributed by atoms with Crippen molar-refractivity contribution in [2.24, 2.45) is 5.10 Å². The SMILES string of the molecule is CC(=O)N/N=C(\C)c1ccccc1C. The van der Waals surface area contributed by atoms with Crippen LogP contribution in [0.5, 0.6) is 0 Å². The number of nitrogens with one attached hydrogen (secondary N) is 1. The Bertz CT molecular complexity index is 369. The summed E-state index contributed by atoms with van der Waals surface area (Å²) in [6.45, 7) is 5.33. The molecule has 0 atom stereocenters. The number of hydrazone groups is 1. The van der Waals surface area contributed by atoms with E-state index in [4.69, 9.17) is 0 Å². The standard InChI is InChI=1S/C11H14N2O/c1-8-6-4-5-7-11(8)9(2)12-13-10(3)14/h4-7H,1-3H3,(H,13,14)/b12-9+. The summed E-state index contributed by atoms with van der Waals surface area (Å²) < 4.78 is 0. The van der Waals surface area contributed by atoms with E-state index in [1.54, 1.807) is 0 Å². The van der Waals surface area contributed by atoms with Crippen molar-refractivity contribution in [1.29, 1.82) is 0 Å². The van der Waals surface area contributed by atoms with E-state index >= 15 is 0 Å². The number of hydrogen-bond acceptors (Lipinski definition) is 2. The van der Waals surface area contributed by atoms with Gasteiger partial charge in [-0.25, -0.2) is 5.43 Å². The summed E-state index contributed by atoms with van der Waals surface area (Å²) in [5, 5.41) is 3.97. The molecule has 0 aliphatic carbocycles. The predicted octanol–water partition coefficient (Wildman–Crippen LogP) is 1.86. The van der Waals surface area contributed by atoms with E-state index in [0.717, 1.165) is 16.8 Å². The second-order valence-corrected chi connectivity index (χ2v) is 3.18. The molecule has 0 spiro atoms. The Morgan fingerprint density at radius 2 is 1.93 bits per heavy atom. The fraction of sp³-hybridized carbons (Fsp3) is 0.273. The summed E-state index contributed by atoms with van der Waals surface area (Å²) in [4.78, 5) is 10.6. The largest absolute Gasteiger partial charge is 0.274 e. The second kappa shape index (κ2) is 4.56. The molecule has 0 bridgehead atoms. The van der Waals surface area contributed by atoms with Gasteiger partial charge in [0, 0.05) is 12.5 Å². The average Bonchev–Trinajstić information content (AvgIpc) is 2.15. The zero-order valence-corrected chi connectivity index (χ0v) is 8.66. The summed E-state index contributed by atoms with van der Waals surface area (Å²) in [5.41, 5.74) is 5.45. The Labute approximate surface area is 83.8 Å². The van der Waals surface area contributed by atoms with Gasteiger partial charge in [-0.2, -0.15) is 5.10 Å². The number of carbonyl (C=O) groups is 1. The number of aryl methyl sites for hydroxylation is 1. The van der Waals surface area contributed by atoms with Gasteiger partial charge in [-0.05, 0) is 19.4 Å². The molecule has 74 valence electrons. The molecule has 0 saturated carbocycles. The van der Waals surface area contributed by atoms with E-state index in [1.807, 2.05) is 38.1 Å². The Kier molecular flexibility index (Phi) is 3.40. The average molecular weight is 190 g/mol. The molecule has 0 aromatic heterocycles. The third-order valence-electron chi connectivity index (χ3n) is 1.92. The molecule has 3 nitrogen and oxygen atoms in total. The van der Waals surface area contributed by atoms with Crippen LogP contribution >= 0.6 is 0 Å². The van der Waals surface area contributed by atoms with Crippen LogP contribution < -0.4 is 5.43 Å². The van der Waals surface area contributed by atoms with Crippen molar-refractivity contribution in [1.82, 2.24) is 5.43 Å². The zero-order chi connectivity index (χ0) is 10.6. The molecular weight excluding hydrogens is 176 g/mol. The fourth-order valence-corrected chi connectivity index (χ4v) is 1.20. The van der Waals surface area contributed by atoms with Crippen molar-refractivity contribution in [2.75, 3.05) is 0 Å². The first kappa shape index (κ1) is 10.4. The van der Waals surface area contributed by atoms with Crippen molar-refractivity contribution in [2.45, 2.75) is 20.8 Å². The first-order valence-corrected chi connectivity index (χ1v) is 4.48. The first-order chi connectivity index (χ1) is 6.61. The first-order valence-electron chi connectivity index (χ1n) is 4.48. The maximum Gasteiger partial charge on any atom is 0.236 e. The van der Waals surface area contributed by atoms with Gasteiger partial charge in [0.2, 0.25) is 5.91 Å². The maximum atomic E-state index is 10.6. The van der Waals surface area contributed by atoms with Crippen molar-refractivity contribution < 1.29 is 4.79 Å². The fourth-order valence-electron chi connectivity index (χ4n) is 1.20. The van der Waals surface area contributed by atoms with Crippen LogP contribution in [0.25, 0.3) is 0 Å². The molecule has 1 amide bonds. The van der Waals surface area contributed by atoms with E-state index in [-0.39, 0.29) is 5.91 Å². The third-order valence-corrected chi connectivity index (χ3v) is 1.92. The number of carbonyl (C=O) groups excluding carboxylic acids is 1. The van der Waals surface area contributed by atoms with E-state index in [2.05, 4.69) is 10.5 Å². The van der Waals surface area contributed by atoms with Crippen LogP contribution in [0.3, 0.4) is 0 Å². The van der Waals surface area contributed by atoms with Gasteiger partial charge in [0.15, 0.2) is 0 Å². The molecule has 1 N–H and O–H groups in total. The van der Waals surface area contributed by atoms with Crippen LogP contribution in [0, 0.1) is 6.92 Å². The van der Waals surface area contributed by atoms with Crippen molar-refractivity contribution >= 4 is 11.6 Å². The minimum atomic E-state index is -0.155. The number of benzene rings is 1. The Hall–Kier alpha value is -1.64. The highest BCUT2D eigenvalue weighted by atomic mass is 16.2. The normalized spacial score (nSPS) is 11.2. The van der Waals surface area contributed by atoms with Crippen LogP contribution in [0.4, 0.5) is 0 Å². The molecular formula is C11H14N2O. The van der Waals surface area contributed by atoms with Gasteiger partial charge in [-0.1, -0.05) is 24.3 Å². The van der Waals surface area contributed by atoms with Gasteiger partial charge in [0.1, 0.15) is 0 Å². The molecule has 0 unspecified atom stereocenters. The maximum absolute atomic E-state index is 10.6. The van der Waals surface area contributed by atoms with Gasteiger partial charge in [0.25, 0.3) is 0 Å². The number of amides is 1. The Morgan fingerprint density at radius 1 is 1.29 bits per heavy atom. The molecule has 0 saturated heterocycles. The molecule has 0 radical (unpaired) electrons. The molecule has 0 aliphatic heterocycles. The van der Waals surface area contributed by atoms with Crippen molar-refractivity contribution in [3.8, 4) is 0 Å². The summed E-state index contributed by atoms with van der Waals surface area (Å²) in [6, 6.07) is 7.93. The lowest BCUT2D eigenvalue weighted by Crippen LogP contribution is -2.15. The van der Waals surface area contributed by atoms with E-state index in [1.165, 1.54) is 6.92 Å². The lowest BCUT2D eigenvalue weighted by atomic mass is 10.1. The number of nitrogens with zero attached hydrogens (tertiary/aromatic N) is 1. The van der Waals surface area contributed by atoms with Gasteiger partial charge in [0.05, 0.1) is 5.71 Å². The summed E-state index contributed by atoms with van der Waals surface area (Å²) in [7, 11) is 0. The van der Waals surface area contributed by atoms with Crippen molar-refractivity contribution in [3.63, 3.8) is 0 Å². The lowest BCUT2D eigenvalue weighted by molar-refractivity contribution is -0.118.